The molecule has 1 atom stereocenters. The topological polar surface area (TPSA) is 29.5 Å². The molecular formula is C14H22O2. The van der Waals surface area contributed by atoms with Crippen LogP contribution in [0.25, 0.3) is 0 Å². The molecule has 0 aromatic heterocycles. The molecule has 0 radical (unpaired) electrons. The first-order valence-corrected chi connectivity index (χ1v) is 5.68. The van der Waals surface area contributed by atoms with Crippen molar-refractivity contribution in [3.8, 4) is 5.75 Å². The van der Waals surface area contributed by atoms with Gasteiger partial charge in [0.25, 0.3) is 0 Å². The molecule has 1 aromatic rings. The molecule has 0 saturated carbocycles. The molecule has 0 amide bonds. The minimum absolute atomic E-state index is 0.141. The highest BCUT2D eigenvalue weighted by Gasteiger charge is 2.32. The van der Waals surface area contributed by atoms with E-state index in [1.54, 1.807) is 7.11 Å². The van der Waals surface area contributed by atoms with Crippen molar-refractivity contribution in [2.45, 2.75) is 40.2 Å². The van der Waals surface area contributed by atoms with Gasteiger partial charge in [0.15, 0.2) is 0 Å². The summed E-state index contributed by atoms with van der Waals surface area (Å²) in [7, 11) is 1.65. The summed E-state index contributed by atoms with van der Waals surface area (Å²) in [5.74, 6) is 0.916. The Kier molecular flexibility index (Phi) is 3.64. The maximum atomic E-state index is 10.6. The van der Waals surface area contributed by atoms with Crippen molar-refractivity contribution in [1.82, 2.24) is 0 Å². The van der Waals surface area contributed by atoms with Crippen LogP contribution < -0.4 is 4.74 Å². The van der Waals surface area contributed by atoms with Crippen LogP contribution in [0.1, 0.15) is 37.5 Å². The molecule has 0 fully saturated rings. The average Bonchev–Trinajstić information content (AvgIpc) is 2.15. The highest BCUT2D eigenvalue weighted by Crippen LogP contribution is 2.38. The molecule has 2 heteroatoms. The minimum atomic E-state index is -0.858. The highest BCUT2D eigenvalue weighted by molar-refractivity contribution is 5.46. The van der Waals surface area contributed by atoms with Crippen LogP contribution in [-0.2, 0) is 5.60 Å². The zero-order valence-corrected chi connectivity index (χ0v) is 11.1. The van der Waals surface area contributed by atoms with E-state index in [0.717, 1.165) is 22.4 Å². The van der Waals surface area contributed by atoms with Gasteiger partial charge in [-0.2, -0.15) is 0 Å². The molecule has 1 N–H and O–H groups in total. The molecule has 0 aliphatic rings. The van der Waals surface area contributed by atoms with Gasteiger partial charge in [0.2, 0.25) is 0 Å². The quantitative estimate of drug-likeness (QED) is 0.851. The van der Waals surface area contributed by atoms with E-state index in [2.05, 4.69) is 6.07 Å². The van der Waals surface area contributed by atoms with E-state index >= 15 is 0 Å². The fraction of sp³-hybridized carbons (Fsp3) is 0.571. The highest BCUT2D eigenvalue weighted by atomic mass is 16.5. The molecule has 0 bridgehead atoms. The van der Waals surface area contributed by atoms with Gasteiger partial charge in [-0.25, -0.2) is 0 Å². The van der Waals surface area contributed by atoms with Crippen LogP contribution in [0.5, 0.6) is 5.75 Å². The van der Waals surface area contributed by atoms with E-state index in [1.807, 2.05) is 40.7 Å². The third kappa shape index (κ3) is 2.22. The Hall–Kier alpha value is -1.02. The predicted molar refractivity (Wildman–Crippen MR) is 66.9 cm³/mol. The molecule has 90 valence electrons. The van der Waals surface area contributed by atoms with Crippen molar-refractivity contribution < 1.29 is 9.84 Å². The van der Waals surface area contributed by atoms with Crippen LogP contribution in [-0.4, -0.2) is 12.2 Å². The van der Waals surface area contributed by atoms with Crippen LogP contribution in [0.3, 0.4) is 0 Å². The number of aryl methyl sites for hydroxylation is 2. The van der Waals surface area contributed by atoms with Gasteiger partial charge in [-0.15, -0.1) is 0 Å². The first-order valence-electron chi connectivity index (χ1n) is 5.68. The normalized spacial score (nSPS) is 15.0. The third-order valence-corrected chi connectivity index (χ3v) is 3.29. The number of ether oxygens (including phenoxy) is 1. The zero-order valence-electron chi connectivity index (χ0n) is 11.1. The molecule has 1 aromatic carbocycles. The Morgan fingerprint density at radius 2 is 1.81 bits per heavy atom. The molecular weight excluding hydrogens is 200 g/mol. The van der Waals surface area contributed by atoms with E-state index in [4.69, 9.17) is 4.74 Å². The number of rotatable bonds is 3. The summed E-state index contributed by atoms with van der Waals surface area (Å²) in [4.78, 5) is 0. The summed E-state index contributed by atoms with van der Waals surface area (Å²) >= 11 is 0. The molecule has 0 heterocycles. The molecule has 1 rings (SSSR count). The van der Waals surface area contributed by atoms with Crippen molar-refractivity contribution in [2.75, 3.05) is 7.11 Å². The second kappa shape index (κ2) is 4.46. The number of benzene rings is 1. The van der Waals surface area contributed by atoms with E-state index < -0.39 is 5.60 Å². The zero-order chi connectivity index (χ0) is 12.5. The summed E-state index contributed by atoms with van der Waals surface area (Å²) in [5, 5.41) is 10.6. The largest absolute Gasteiger partial charge is 0.496 e. The molecule has 1 unspecified atom stereocenters. The van der Waals surface area contributed by atoms with Gasteiger partial charge in [-0.3, -0.25) is 0 Å². The Morgan fingerprint density at radius 1 is 1.25 bits per heavy atom. The van der Waals surface area contributed by atoms with Gasteiger partial charge in [0, 0.05) is 5.56 Å². The maximum absolute atomic E-state index is 10.6. The fourth-order valence-corrected chi connectivity index (χ4v) is 2.03. The molecule has 0 spiro atoms. The maximum Gasteiger partial charge on any atom is 0.125 e. The molecule has 2 nitrogen and oxygen atoms in total. The third-order valence-electron chi connectivity index (χ3n) is 3.29. The Balaban J connectivity index is 3.43. The summed E-state index contributed by atoms with van der Waals surface area (Å²) in [6.45, 7) is 9.92. The smallest absolute Gasteiger partial charge is 0.125 e. The lowest BCUT2D eigenvalue weighted by Gasteiger charge is -2.31. The standard InChI is InChI=1S/C14H22O2/c1-9(2)14(5,15)13-11(4)7-10(3)8-12(13)16-6/h7-9,15H,1-6H3. The van der Waals surface area contributed by atoms with Crippen molar-refractivity contribution in [3.63, 3.8) is 0 Å². The second-order valence-electron chi connectivity index (χ2n) is 4.96. The van der Waals surface area contributed by atoms with Gasteiger partial charge in [0.05, 0.1) is 12.7 Å². The molecule has 0 saturated heterocycles. The van der Waals surface area contributed by atoms with E-state index in [9.17, 15) is 5.11 Å². The second-order valence-corrected chi connectivity index (χ2v) is 4.96. The van der Waals surface area contributed by atoms with Crippen molar-refractivity contribution >= 4 is 0 Å². The number of aliphatic hydroxyl groups is 1. The van der Waals surface area contributed by atoms with Gasteiger partial charge < -0.3 is 9.84 Å². The van der Waals surface area contributed by atoms with Crippen LogP contribution in [0, 0.1) is 19.8 Å². The van der Waals surface area contributed by atoms with Crippen LogP contribution in [0.4, 0.5) is 0 Å². The van der Waals surface area contributed by atoms with Crippen LogP contribution >= 0.6 is 0 Å². The molecule has 0 aliphatic heterocycles. The number of hydrogen-bond acceptors (Lipinski definition) is 2. The summed E-state index contributed by atoms with van der Waals surface area (Å²) in [6.07, 6.45) is 0. The Labute approximate surface area is 98.3 Å². The number of hydrogen-bond donors (Lipinski definition) is 1. The average molecular weight is 222 g/mol. The number of methoxy groups -OCH3 is 1. The molecule has 0 aliphatic carbocycles. The Bertz CT molecular complexity index is 379. The first kappa shape index (κ1) is 13.0. The van der Waals surface area contributed by atoms with E-state index in [-0.39, 0.29) is 5.92 Å². The van der Waals surface area contributed by atoms with Crippen molar-refractivity contribution in [2.24, 2.45) is 5.92 Å². The van der Waals surface area contributed by atoms with E-state index in [1.165, 1.54) is 0 Å². The summed E-state index contributed by atoms with van der Waals surface area (Å²) < 4.78 is 5.38. The van der Waals surface area contributed by atoms with Crippen molar-refractivity contribution in [1.29, 1.82) is 0 Å². The van der Waals surface area contributed by atoms with Crippen LogP contribution in [0.2, 0.25) is 0 Å². The minimum Gasteiger partial charge on any atom is -0.496 e. The van der Waals surface area contributed by atoms with Crippen molar-refractivity contribution in [3.05, 3.63) is 28.8 Å². The van der Waals surface area contributed by atoms with Gasteiger partial charge in [-0.1, -0.05) is 19.9 Å². The predicted octanol–water partition coefficient (Wildman–Crippen LogP) is 3.18. The van der Waals surface area contributed by atoms with Gasteiger partial charge >= 0.3 is 0 Å². The lowest BCUT2D eigenvalue weighted by atomic mass is 9.82. The lowest BCUT2D eigenvalue weighted by Crippen LogP contribution is -2.29. The Morgan fingerprint density at radius 3 is 2.25 bits per heavy atom. The van der Waals surface area contributed by atoms with Crippen LogP contribution in [0.15, 0.2) is 12.1 Å². The summed E-state index contributed by atoms with van der Waals surface area (Å²) in [6, 6.07) is 4.05. The first-order chi connectivity index (χ1) is 7.30. The fourth-order valence-electron chi connectivity index (χ4n) is 2.03. The lowest BCUT2D eigenvalue weighted by molar-refractivity contribution is 0.00635. The monoisotopic (exact) mass is 222 g/mol. The van der Waals surface area contributed by atoms with Gasteiger partial charge in [-0.05, 0) is 43.9 Å². The van der Waals surface area contributed by atoms with Gasteiger partial charge in [0.1, 0.15) is 5.75 Å². The summed E-state index contributed by atoms with van der Waals surface area (Å²) in [5.41, 5.74) is 2.27. The van der Waals surface area contributed by atoms with E-state index in [0.29, 0.717) is 0 Å². The SMILES string of the molecule is COc1cc(C)cc(C)c1C(C)(O)C(C)C. The molecule has 16 heavy (non-hydrogen) atoms.